The van der Waals surface area contributed by atoms with Crippen molar-refractivity contribution in [2.45, 2.75) is 20.0 Å². The van der Waals surface area contributed by atoms with Crippen molar-refractivity contribution in [3.8, 4) is 0 Å². The van der Waals surface area contributed by atoms with Gasteiger partial charge in [0.2, 0.25) is 11.7 Å². The number of benzene rings is 1. The summed E-state index contributed by atoms with van der Waals surface area (Å²) in [5.74, 6) is -0.540. The number of furan rings is 1. The van der Waals surface area contributed by atoms with Gasteiger partial charge in [-0.3, -0.25) is 4.79 Å². The number of nitrogens with one attached hydrogen (secondary N) is 1. The van der Waals surface area contributed by atoms with E-state index in [2.05, 4.69) is 10.3 Å². The third-order valence-corrected chi connectivity index (χ3v) is 4.22. The fourth-order valence-electron chi connectivity index (χ4n) is 2.08. The molecule has 1 aromatic carbocycles. The maximum absolute atomic E-state index is 12.1. The maximum Gasteiger partial charge on any atom is 0.374 e. The van der Waals surface area contributed by atoms with Crippen molar-refractivity contribution in [3.63, 3.8) is 0 Å². The van der Waals surface area contributed by atoms with Crippen LogP contribution in [0.5, 0.6) is 0 Å². The first-order valence-corrected chi connectivity index (χ1v) is 8.48. The first kappa shape index (κ1) is 16.9. The average molecular weight is 356 g/mol. The van der Waals surface area contributed by atoms with Crippen molar-refractivity contribution >= 4 is 28.9 Å². The van der Waals surface area contributed by atoms with Crippen LogP contribution in [0.4, 0.5) is 5.69 Å². The summed E-state index contributed by atoms with van der Waals surface area (Å²) in [6.07, 6.45) is 1.58. The number of aromatic nitrogens is 1. The van der Waals surface area contributed by atoms with Gasteiger partial charge in [0.05, 0.1) is 18.4 Å². The van der Waals surface area contributed by atoms with Gasteiger partial charge in [-0.05, 0) is 31.2 Å². The lowest BCUT2D eigenvalue weighted by atomic mass is 10.2. The van der Waals surface area contributed by atoms with Crippen molar-refractivity contribution in [3.05, 3.63) is 70.1 Å². The zero-order valence-corrected chi connectivity index (χ0v) is 14.3. The molecule has 0 saturated heterocycles. The summed E-state index contributed by atoms with van der Waals surface area (Å²) < 4.78 is 10.1. The van der Waals surface area contributed by atoms with Crippen LogP contribution < -0.4 is 5.32 Å². The number of carbonyl (C=O) groups excluding carboxylic acids is 2. The van der Waals surface area contributed by atoms with Crippen molar-refractivity contribution in [1.29, 1.82) is 0 Å². The van der Waals surface area contributed by atoms with Crippen LogP contribution in [0.1, 0.15) is 26.8 Å². The highest BCUT2D eigenvalue weighted by atomic mass is 32.1. The van der Waals surface area contributed by atoms with Gasteiger partial charge in [-0.25, -0.2) is 9.78 Å². The molecule has 3 aromatic rings. The Bertz CT molecular complexity index is 854. The van der Waals surface area contributed by atoms with Gasteiger partial charge in [0.25, 0.3) is 0 Å². The van der Waals surface area contributed by atoms with E-state index >= 15 is 0 Å². The molecule has 6 nitrogen and oxygen atoms in total. The maximum atomic E-state index is 12.1. The second kappa shape index (κ2) is 7.76. The van der Waals surface area contributed by atoms with E-state index in [1.54, 1.807) is 11.4 Å². The van der Waals surface area contributed by atoms with Crippen LogP contribution in [0.25, 0.3) is 0 Å². The molecule has 0 saturated carbocycles. The minimum Gasteiger partial charge on any atom is -0.457 e. The molecular weight excluding hydrogens is 340 g/mol. The van der Waals surface area contributed by atoms with Gasteiger partial charge in [-0.1, -0.05) is 17.7 Å². The largest absolute Gasteiger partial charge is 0.457 e. The zero-order valence-electron chi connectivity index (χ0n) is 13.5. The van der Waals surface area contributed by atoms with E-state index in [1.165, 1.54) is 23.7 Å². The number of rotatable bonds is 6. The molecule has 2 heterocycles. The molecule has 0 aliphatic rings. The number of hydrogen-bond acceptors (Lipinski definition) is 6. The Morgan fingerprint density at radius 3 is 2.76 bits per heavy atom. The number of esters is 1. The minimum atomic E-state index is -0.545. The Balaban J connectivity index is 1.50. The zero-order chi connectivity index (χ0) is 17.6. The van der Waals surface area contributed by atoms with Gasteiger partial charge in [0.15, 0.2) is 0 Å². The van der Waals surface area contributed by atoms with Gasteiger partial charge in [-0.2, -0.15) is 0 Å². The number of hydrogen-bond donors (Lipinski definition) is 1. The third kappa shape index (κ3) is 4.77. The van der Waals surface area contributed by atoms with Crippen molar-refractivity contribution < 1.29 is 18.7 Å². The quantitative estimate of drug-likeness (QED) is 0.683. The summed E-state index contributed by atoms with van der Waals surface area (Å²) in [5, 5.41) is 5.25. The Hall–Kier alpha value is -2.93. The Labute approximate surface area is 148 Å². The lowest BCUT2D eigenvalue weighted by molar-refractivity contribution is -0.115. The summed E-state index contributed by atoms with van der Waals surface area (Å²) >= 11 is 1.35. The van der Waals surface area contributed by atoms with Crippen LogP contribution in [0.3, 0.4) is 0 Å². The predicted octanol–water partition coefficient (Wildman–Crippen LogP) is 3.58. The number of carbonyl (C=O) groups is 2. The molecule has 0 radical (unpaired) electrons. The molecule has 0 aliphatic heterocycles. The molecule has 2 aromatic heterocycles. The minimum absolute atomic E-state index is 0.0373. The Kier molecular flexibility index (Phi) is 5.25. The Morgan fingerprint density at radius 1 is 1.24 bits per heavy atom. The van der Waals surface area contributed by atoms with E-state index in [4.69, 9.17) is 9.15 Å². The molecule has 128 valence electrons. The lowest BCUT2D eigenvalue weighted by Crippen LogP contribution is -2.14. The van der Waals surface area contributed by atoms with Gasteiger partial charge in [0.1, 0.15) is 11.6 Å². The summed E-state index contributed by atoms with van der Waals surface area (Å²) in [7, 11) is 0. The molecule has 1 amide bonds. The topological polar surface area (TPSA) is 81.4 Å². The van der Waals surface area contributed by atoms with E-state index in [1.807, 2.05) is 31.2 Å². The van der Waals surface area contributed by atoms with Crippen LogP contribution in [0, 0.1) is 6.92 Å². The van der Waals surface area contributed by atoms with Crippen LogP contribution >= 0.6 is 11.3 Å². The summed E-state index contributed by atoms with van der Waals surface area (Å²) in [5.41, 5.74) is 2.48. The molecule has 0 unspecified atom stereocenters. The van der Waals surface area contributed by atoms with Crippen molar-refractivity contribution in [1.82, 2.24) is 4.98 Å². The van der Waals surface area contributed by atoms with Gasteiger partial charge >= 0.3 is 5.97 Å². The normalized spacial score (nSPS) is 10.4. The van der Waals surface area contributed by atoms with Crippen LogP contribution in [-0.4, -0.2) is 16.9 Å². The van der Waals surface area contributed by atoms with Crippen LogP contribution in [0.2, 0.25) is 0 Å². The van der Waals surface area contributed by atoms with E-state index in [9.17, 15) is 9.59 Å². The first-order chi connectivity index (χ1) is 12.1. The molecule has 0 fully saturated rings. The van der Waals surface area contributed by atoms with Crippen molar-refractivity contribution in [2.24, 2.45) is 0 Å². The van der Waals surface area contributed by atoms with E-state index < -0.39 is 5.97 Å². The molecule has 7 heteroatoms. The number of ether oxygens (including phenoxy) is 1. The highest BCUT2D eigenvalue weighted by Crippen LogP contribution is 2.14. The smallest absolute Gasteiger partial charge is 0.374 e. The summed E-state index contributed by atoms with van der Waals surface area (Å²) in [6.45, 7) is 2.02. The SMILES string of the molecule is Cc1ccc(NC(=O)Cc2nc(COC(=O)c3ccco3)cs2)cc1. The highest BCUT2D eigenvalue weighted by molar-refractivity contribution is 7.09. The van der Waals surface area contributed by atoms with E-state index in [-0.39, 0.29) is 24.7 Å². The molecule has 0 atom stereocenters. The van der Waals surface area contributed by atoms with E-state index in [0.29, 0.717) is 10.7 Å². The fraction of sp³-hybridized carbons (Fsp3) is 0.167. The average Bonchev–Trinajstić information content (AvgIpc) is 3.26. The standard InChI is InChI=1S/C18H16N2O4S/c1-12-4-6-13(7-5-12)19-16(21)9-17-20-14(11-25-17)10-24-18(22)15-3-2-8-23-15/h2-8,11H,9-10H2,1H3,(H,19,21). The Morgan fingerprint density at radius 2 is 2.04 bits per heavy atom. The second-order valence-corrected chi connectivity index (χ2v) is 6.32. The molecule has 0 aliphatic carbocycles. The van der Waals surface area contributed by atoms with Gasteiger partial charge < -0.3 is 14.5 Å². The van der Waals surface area contributed by atoms with E-state index in [0.717, 1.165) is 11.3 Å². The molecule has 25 heavy (non-hydrogen) atoms. The summed E-state index contributed by atoms with van der Waals surface area (Å²) in [4.78, 5) is 28.1. The number of amides is 1. The van der Waals surface area contributed by atoms with Gasteiger partial charge in [0, 0.05) is 11.1 Å². The molecule has 0 spiro atoms. The molecular formula is C18H16N2O4S. The fourth-order valence-corrected chi connectivity index (χ4v) is 2.86. The first-order valence-electron chi connectivity index (χ1n) is 7.60. The lowest BCUT2D eigenvalue weighted by Gasteiger charge is -2.04. The number of nitrogens with zero attached hydrogens (tertiary/aromatic N) is 1. The highest BCUT2D eigenvalue weighted by Gasteiger charge is 2.12. The molecule has 1 N–H and O–H groups in total. The van der Waals surface area contributed by atoms with Crippen LogP contribution in [-0.2, 0) is 22.6 Å². The predicted molar refractivity (Wildman–Crippen MR) is 93.5 cm³/mol. The number of anilines is 1. The summed E-state index contributed by atoms with van der Waals surface area (Å²) in [6, 6.07) is 10.7. The number of aryl methyl sites for hydroxylation is 1. The molecule has 0 bridgehead atoms. The number of thiazole rings is 1. The third-order valence-electron chi connectivity index (χ3n) is 3.32. The van der Waals surface area contributed by atoms with Crippen LogP contribution in [0.15, 0.2) is 52.5 Å². The monoisotopic (exact) mass is 356 g/mol. The van der Waals surface area contributed by atoms with Crippen molar-refractivity contribution in [2.75, 3.05) is 5.32 Å². The molecule has 3 rings (SSSR count). The second-order valence-electron chi connectivity index (χ2n) is 5.38. The van der Waals surface area contributed by atoms with Gasteiger partial charge in [-0.15, -0.1) is 11.3 Å².